The summed E-state index contributed by atoms with van der Waals surface area (Å²) in [6.45, 7) is 1.33. The van der Waals surface area contributed by atoms with E-state index in [1.165, 1.54) is 25.1 Å². The van der Waals surface area contributed by atoms with E-state index >= 15 is 0 Å². The Labute approximate surface area is 104 Å². The maximum absolute atomic E-state index is 11.9. The van der Waals surface area contributed by atoms with Gasteiger partial charge in [0.1, 0.15) is 4.90 Å². The highest BCUT2D eigenvalue weighted by molar-refractivity contribution is 7.89. The maximum Gasteiger partial charge on any atom is 0.242 e. The lowest BCUT2D eigenvalue weighted by atomic mass is 10.3. The van der Waals surface area contributed by atoms with Crippen LogP contribution in [0.1, 0.15) is 6.92 Å². The van der Waals surface area contributed by atoms with Crippen LogP contribution in [0.3, 0.4) is 0 Å². The van der Waals surface area contributed by atoms with E-state index in [9.17, 15) is 13.2 Å². The summed E-state index contributed by atoms with van der Waals surface area (Å²) in [5, 5.41) is 0.0170. The first-order valence-electron chi connectivity index (χ1n) is 4.60. The van der Waals surface area contributed by atoms with Crippen LogP contribution in [0.15, 0.2) is 23.1 Å². The lowest BCUT2D eigenvalue weighted by Crippen LogP contribution is -2.42. The molecule has 0 aliphatic rings. The first-order chi connectivity index (χ1) is 7.74. The minimum absolute atomic E-state index is 0.0170. The zero-order valence-electron chi connectivity index (χ0n) is 8.98. The van der Waals surface area contributed by atoms with Crippen LogP contribution < -0.4 is 16.2 Å². The van der Waals surface area contributed by atoms with E-state index < -0.39 is 22.0 Å². The van der Waals surface area contributed by atoms with Gasteiger partial charge in [0.25, 0.3) is 0 Å². The fraction of sp³-hybridized carbons (Fsp3) is 0.222. The molecule has 0 aromatic heterocycles. The van der Waals surface area contributed by atoms with Gasteiger partial charge in [-0.1, -0.05) is 11.6 Å². The van der Waals surface area contributed by atoms with E-state index in [1.54, 1.807) is 0 Å². The fourth-order valence-corrected chi connectivity index (χ4v) is 2.83. The first-order valence-corrected chi connectivity index (χ1v) is 6.47. The standard InChI is InChI=1S/C9H12ClN3O3S/c1-5(9(12)14)13-17(15,16)8-4-6(11)2-3-7(8)10/h2-5,13H,11H2,1H3,(H2,12,14). The second kappa shape index (κ2) is 4.91. The number of halogens is 1. The molecular weight excluding hydrogens is 266 g/mol. The molecule has 1 unspecified atom stereocenters. The number of carbonyl (C=O) groups excluding carboxylic acids is 1. The van der Waals surface area contributed by atoms with Crippen molar-refractivity contribution in [2.45, 2.75) is 17.9 Å². The summed E-state index contributed by atoms with van der Waals surface area (Å²) >= 11 is 5.75. The third-order valence-electron chi connectivity index (χ3n) is 2.00. The molecule has 0 radical (unpaired) electrons. The summed E-state index contributed by atoms with van der Waals surface area (Å²) in [6.07, 6.45) is 0. The van der Waals surface area contributed by atoms with Gasteiger partial charge in [0.05, 0.1) is 11.1 Å². The average molecular weight is 278 g/mol. The van der Waals surface area contributed by atoms with E-state index in [1.807, 2.05) is 0 Å². The van der Waals surface area contributed by atoms with Crippen LogP contribution in [-0.4, -0.2) is 20.4 Å². The van der Waals surface area contributed by atoms with Crippen molar-refractivity contribution in [3.63, 3.8) is 0 Å². The van der Waals surface area contributed by atoms with Gasteiger partial charge in [-0.25, -0.2) is 8.42 Å². The molecule has 1 aromatic carbocycles. The SMILES string of the molecule is CC(NS(=O)(=O)c1cc(N)ccc1Cl)C(N)=O. The van der Waals surface area contributed by atoms with Gasteiger partial charge >= 0.3 is 0 Å². The van der Waals surface area contributed by atoms with E-state index in [0.717, 1.165) is 0 Å². The van der Waals surface area contributed by atoms with Gasteiger partial charge in [-0.15, -0.1) is 0 Å². The van der Waals surface area contributed by atoms with Crippen molar-refractivity contribution in [1.29, 1.82) is 0 Å². The number of sulfonamides is 1. The van der Waals surface area contributed by atoms with Gasteiger partial charge in [-0.05, 0) is 25.1 Å². The molecule has 0 aliphatic heterocycles. The molecule has 0 heterocycles. The summed E-state index contributed by atoms with van der Waals surface area (Å²) in [5.41, 5.74) is 10.7. The van der Waals surface area contributed by atoms with Gasteiger partial charge in [0.15, 0.2) is 0 Å². The largest absolute Gasteiger partial charge is 0.399 e. The van der Waals surface area contributed by atoms with Gasteiger partial charge in [0.2, 0.25) is 15.9 Å². The molecule has 1 amide bonds. The van der Waals surface area contributed by atoms with Crippen LogP contribution in [0.5, 0.6) is 0 Å². The Bertz CT molecular complexity index is 544. The number of nitrogens with two attached hydrogens (primary N) is 2. The predicted octanol–water partition coefficient (Wildman–Crippen LogP) is 0.0743. The molecule has 8 heteroatoms. The molecule has 0 saturated heterocycles. The van der Waals surface area contributed by atoms with E-state index in [4.69, 9.17) is 23.1 Å². The summed E-state index contributed by atoms with van der Waals surface area (Å²) in [6, 6.07) is 3.01. The molecule has 0 aliphatic carbocycles. The smallest absolute Gasteiger partial charge is 0.242 e. The number of hydrogen-bond acceptors (Lipinski definition) is 4. The van der Waals surface area contributed by atoms with E-state index in [2.05, 4.69) is 4.72 Å². The van der Waals surface area contributed by atoms with E-state index in [-0.39, 0.29) is 15.6 Å². The number of rotatable bonds is 4. The molecule has 0 saturated carbocycles. The molecule has 1 atom stereocenters. The van der Waals surface area contributed by atoms with Crippen molar-refractivity contribution >= 4 is 33.2 Å². The summed E-state index contributed by atoms with van der Waals surface area (Å²) < 4.78 is 25.8. The Balaban J connectivity index is 3.13. The maximum atomic E-state index is 11.9. The Morgan fingerprint density at radius 1 is 1.47 bits per heavy atom. The van der Waals surface area contributed by atoms with Crippen molar-refractivity contribution in [3.05, 3.63) is 23.2 Å². The molecule has 6 nitrogen and oxygen atoms in total. The van der Waals surface area contributed by atoms with Gasteiger partial charge in [-0.3, -0.25) is 4.79 Å². The van der Waals surface area contributed by atoms with Gasteiger partial charge in [-0.2, -0.15) is 4.72 Å². The molecule has 94 valence electrons. The van der Waals surface area contributed by atoms with Crippen LogP contribution >= 0.6 is 11.6 Å². The summed E-state index contributed by atoms with van der Waals surface area (Å²) in [4.78, 5) is 10.6. The number of nitrogen functional groups attached to an aromatic ring is 1. The number of nitrogens with one attached hydrogen (secondary N) is 1. The number of benzene rings is 1. The zero-order valence-corrected chi connectivity index (χ0v) is 10.5. The van der Waals surface area contributed by atoms with Crippen molar-refractivity contribution in [2.24, 2.45) is 5.73 Å². The highest BCUT2D eigenvalue weighted by Crippen LogP contribution is 2.23. The number of primary amides is 1. The topological polar surface area (TPSA) is 115 Å². The Morgan fingerprint density at radius 2 is 2.06 bits per heavy atom. The molecule has 0 fully saturated rings. The molecule has 17 heavy (non-hydrogen) atoms. The van der Waals surface area contributed by atoms with Crippen molar-refractivity contribution < 1.29 is 13.2 Å². The number of amides is 1. The van der Waals surface area contributed by atoms with Crippen molar-refractivity contribution in [1.82, 2.24) is 4.72 Å². The van der Waals surface area contributed by atoms with Gasteiger partial charge < -0.3 is 11.5 Å². The predicted molar refractivity (Wildman–Crippen MR) is 64.8 cm³/mol. The van der Waals surface area contributed by atoms with Crippen LogP contribution in [-0.2, 0) is 14.8 Å². The monoisotopic (exact) mass is 277 g/mol. The third kappa shape index (κ3) is 3.32. The van der Waals surface area contributed by atoms with Crippen molar-refractivity contribution in [3.8, 4) is 0 Å². The van der Waals surface area contributed by atoms with Gasteiger partial charge in [0, 0.05) is 5.69 Å². The molecule has 5 N–H and O–H groups in total. The van der Waals surface area contributed by atoms with E-state index in [0.29, 0.717) is 0 Å². The normalized spacial score (nSPS) is 13.3. The second-order valence-corrected chi connectivity index (χ2v) is 5.52. The zero-order chi connectivity index (χ0) is 13.2. The average Bonchev–Trinajstić information content (AvgIpc) is 2.20. The van der Waals surface area contributed by atoms with Crippen LogP contribution in [0.25, 0.3) is 0 Å². The number of carbonyl (C=O) groups is 1. The minimum atomic E-state index is -3.92. The molecule has 0 spiro atoms. The molecule has 0 bridgehead atoms. The molecular formula is C9H12ClN3O3S. The van der Waals surface area contributed by atoms with Crippen LogP contribution in [0, 0.1) is 0 Å². The number of anilines is 1. The fourth-order valence-electron chi connectivity index (χ4n) is 1.08. The molecule has 1 rings (SSSR count). The lowest BCUT2D eigenvalue weighted by molar-refractivity contribution is -0.119. The second-order valence-electron chi connectivity index (χ2n) is 3.44. The highest BCUT2D eigenvalue weighted by Gasteiger charge is 2.22. The Kier molecular flexibility index (Phi) is 3.97. The lowest BCUT2D eigenvalue weighted by Gasteiger charge is -2.12. The Morgan fingerprint density at radius 3 is 2.59 bits per heavy atom. The quantitative estimate of drug-likeness (QED) is 0.676. The van der Waals surface area contributed by atoms with Crippen LogP contribution in [0.2, 0.25) is 5.02 Å². The highest BCUT2D eigenvalue weighted by atomic mass is 35.5. The van der Waals surface area contributed by atoms with Crippen LogP contribution in [0.4, 0.5) is 5.69 Å². The first kappa shape index (κ1) is 13.8. The summed E-state index contributed by atoms with van der Waals surface area (Å²) in [7, 11) is -3.92. The Hall–Kier alpha value is -1.31. The summed E-state index contributed by atoms with van der Waals surface area (Å²) in [5.74, 6) is -0.784. The third-order valence-corrected chi connectivity index (χ3v) is 4.03. The minimum Gasteiger partial charge on any atom is -0.399 e. The van der Waals surface area contributed by atoms with Crippen molar-refractivity contribution in [2.75, 3.05) is 5.73 Å². The number of hydrogen-bond donors (Lipinski definition) is 3. The molecule has 1 aromatic rings.